The lowest BCUT2D eigenvalue weighted by molar-refractivity contribution is -0.133. The highest BCUT2D eigenvalue weighted by atomic mass is 16.2. The highest BCUT2D eigenvalue weighted by Crippen LogP contribution is 1.98. The summed E-state index contributed by atoms with van der Waals surface area (Å²) in [6.07, 6.45) is 1.91. The van der Waals surface area contributed by atoms with Gasteiger partial charge in [0.25, 0.3) is 0 Å². The van der Waals surface area contributed by atoms with Gasteiger partial charge in [0.2, 0.25) is 5.91 Å². The van der Waals surface area contributed by atoms with Crippen LogP contribution in [0.2, 0.25) is 6.32 Å². The third-order valence-corrected chi connectivity index (χ3v) is 1.72. The summed E-state index contributed by atoms with van der Waals surface area (Å²) in [5.41, 5.74) is 0. The van der Waals surface area contributed by atoms with Crippen molar-refractivity contribution in [3.8, 4) is 0 Å². The molecule has 3 nitrogen and oxygen atoms in total. The molecule has 0 fully saturated rings. The molecule has 0 aromatic carbocycles. The summed E-state index contributed by atoms with van der Waals surface area (Å²) in [5, 5.41) is 0. The van der Waals surface area contributed by atoms with Crippen LogP contribution in [-0.4, -0.2) is 37.5 Å². The Morgan fingerprint density at radius 2 is 2.00 bits per heavy atom. The predicted octanol–water partition coefficient (Wildman–Crippen LogP) is 0.791. The molecule has 4 heteroatoms. The second kappa shape index (κ2) is 6.69. The SMILES string of the molecule is [B]CC(=O)N(CCCC)CC(C)=O. The molecular weight excluding hydrogens is 165 g/mol. The van der Waals surface area contributed by atoms with Crippen LogP contribution in [0.15, 0.2) is 0 Å². The Hall–Kier alpha value is -0.795. The largest absolute Gasteiger partial charge is 0.336 e. The molecule has 0 spiro atoms. The highest BCUT2D eigenvalue weighted by molar-refractivity contribution is 6.19. The summed E-state index contributed by atoms with van der Waals surface area (Å²) in [7, 11) is 5.22. The van der Waals surface area contributed by atoms with E-state index in [-0.39, 0.29) is 24.6 Å². The molecule has 2 radical (unpaired) electrons. The maximum atomic E-state index is 11.2. The van der Waals surface area contributed by atoms with E-state index in [9.17, 15) is 9.59 Å². The number of hydrogen-bond acceptors (Lipinski definition) is 2. The van der Waals surface area contributed by atoms with Gasteiger partial charge in [-0.1, -0.05) is 13.3 Å². The van der Waals surface area contributed by atoms with Crippen LogP contribution in [0.25, 0.3) is 0 Å². The normalized spacial score (nSPS) is 9.69. The summed E-state index contributed by atoms with van der Waals surface area (Å²) >= 11 is 0. The van der Waals surface area contributed by atoms with Gasteiger partial charge in [-0.05, 0) is 19.7 Å². The average Bonchev–Trinajstić information content (AvgIpc) is 2.10. The smallest absolute Gasteiger partial charge is 0.214 e. The first-order valence-electron chi connectivity index (χ1n) is 4.59. The molecule has 0 saturated heterocycles. The number of hydrogen-bond donors (Lipinski definition) is 0. The number of unbranched alkanes of at least 4 members (excludes halogenated alkanes) is 1. The van der Waals surface area contributed by atoms with Crippen molar-refractivity contribution >= 4 is 19.5 Å². The van der Waals surface area contributed by atoms with E-state index >= 15 is 0 Å². The number of Topliss-reactive ketones (excluding diaryl/α,β-unsaturated/α-hetero) is 1. The molecule has 0 rings (SSSR count). The Labute approximate surface area is 80.9 Å². The van der Waals surface area contributed by atoms with E-state index in [0.29, 0.717) is 6.54 Å². The molecule has 0 unspecified atom stereocenters. The van der Waals surface area contributed by atoms with Crippen LogP contribution in [-0.2, 0) is 9.59 Å². The van der Waals surface area contributed by atoms with Crippen molar-refractivity contribution in [2.45, 2.75) is 33.0 Å². The predicted molar refractivity (Wildman–Crippen MR) is 52.7 cm³/mol. The molecule has 1 amide bonds. The molecule has 0 aromatic heterocycles. The molecule has 0 saturated carbocycles. The van der Waals surface area contributed by atoms with Crippen LogP contribution in [0.3, 0.4) is 0 Å². The zero-order valence-electron chi connectivity index (χ0n) is 8.38. The molecule has 0 N–H and O–H groups in total. The molecule has 0 heterocycles. The van der Waals surface area contributed by atoms with E-state index in [4.69, 9.17) is 7.85 Å². The van der Waals surface area contributed by atoms with Crippen LogP contribution in [0.4, 0.5) is 0 Å². The van der Waals surface area contributed by atoms with Crippen molar-refractivity contribution < 1.29 is 9.59 Å². The fraction of sp³-hybridized carbons (Fsp3) is 0.778. The summed E-state index contributed by atoms with van der Waals surface area (Å²) in [5.74, 6) is -0.151. The molecule has 0 aliphatic rings. The van der Waals surface area contributed by atoms with E-state index in [1.54, 1.807) is 0 Å². The zero-order valence-corrected chi connectivity index (χ0v) is 8.38. The van der Waals surface area contributed by atoms with Gasteiger partial charge in [0.15, 0.2) is 0 Å². The Balaban J connectivity index is 4.02. The van der Waals surface area contributed by atoms with Crippen LogP contribution >= 0.6 is 0 Å². The quantitative estimate of drug-likeness (QED) is 0.568. The number of amides is 1. The monoisotopic (exact) mass is 181 g/mol. The van der Waals surface area contributed by atoms with E-state index in [1.807, 2.05) is 6.92 Å². The van der Waals surface area contributed by atoms with Crippen LogP contribution in [0.5, 0.6) is 0 Å². The summed E-state index contributed by atoms with van der Waals surface area (Å²) in [4.78, 5) is 23.5. The topological polar surface area (TPSA) is 37.4 Å². The third kappa shape index (κ3) is 5.44. The molecule has 0 bridgehead atoms. The van der Waals surface area contributed by atoms with Crippen molar-refractivity contribution in [1.82, 2.24) is 4.90 Å². The minimum absolute atomic E-state index is 0.00194. The van der Waals surface area contributed by atoms with Gasteiger partial charge in [-0.2, -0.15) is 0 Å². The van der Waals surface area contributed by atoms with E-state index < -0.39 is 0 Å². The summed E-state index contributed by atoms with van der Waals surface area (Å²) < 4.78 is 0. The average molecular weight is 181 g/mol. The van der Waals surface area contributed by atoms with E-state index in [2.05, 4.69) is 0 Å². The number of carbonyl (C=O) groups is 2. The first-order valence-corrected chi connectivity index (χ1v) is 4.59. The molecule has 72 valence electrons. The standard InChI is InChI=1S/C9H16BNO2/c1-3-4-5-11(7-8(2)12)9(13)6-10/h3-7H2,1-2H3. The number of ketones is 1. The zero-order chi connectivity index (χ0) is 10.3. The number of rotatable bonds is 6. The molecule has 0 aromatic rings. The van der Waals surface area contributed by atoms with Crippen LogP contribution in [0, 0.1) is 0 Å². The van der Waals surface area contributed by atoms with E-state index in [1.165, 1.54) is 11.8 Å². The Bertz CT molecular complexity index is 182. The molecule has 0 aliphatic heterocycles. The molecular formula is C9H16BNO2. The Morgan fingerprint density at radius 1 is 1.38 bits per heavy atom. The molecule has 13 heavy (non-hydrogen) atoms. The minimum atomic E-state index is -0.149. The van der Waals surface area contributed by atoms with Crippen molar-refractivity contribution in [3.05, 3.63) is 0 Å². The van der Waals surface area contributed by atoms with Gasteiger partial charge in [0.1, 0.15) is 5.78 Å². The van der Waals surface area contributed by atoms with Gasteiger partial charge in [-0.3, -0.25) is 9.59 Å². The van der Waals surface area contributed by atoms with Crippen molar-refractivity contribution in [1.29, 1.82) is 0 Å². The van der Waals surface area contributed by atoms with Crippen LogP contribution < -0.4 is 0 Å². The molecule has 0 aliphatic carbocycles. The number of nitrogens with zero attached hydrogens (tertiary/aromatic N) is 1. The summed E-state index contributed by atoms with van der Waals surface area (Å²) in [6, 6.07) is 0. The van der Waals surface area contributed by atoms with E-state index in [0.717, 1.165) is 12.8 Å². The first kappa shape index (κ1) is 12.2. The number of carbonyl (C=O) groups excluding carboxylic acids is 2. The lowest BCUT2D eigenvalue weighted by atomic mass is 10.0. The summed E-state index contributed by atoms with van der Waals surface area (Å²) in [6.45, 7) is 4.34. The van der Waals surface area contributed by atoms with Gasteiger partial charge in [-0.25, -0.2) is 0 Å². The Kier molecular flexibility index (Phi) is 6.28. The van der Waals surface area contributed by atoms with Crippen LogP contribution in [0.1, 0.15) is 26.7 Å². The van der Waals surface area contributed by atoms with Gasteiger partial charge in [-0.15, -0.1) is 0 Å². The molecule has 0 atom stereocenters. The Morgan fingerprint density at radius 3 is 2.38 bits per heavy atom. The third-order valence-electron chi connectivity index (χ3n) is 1.72. The van der Waals surface area contributed by atoms with Crippen molar-refractivity contribution in [2.24, 2.45) is 0 Å². The lowest BCUT2D eigenvalue weighted by Gasteiger charge is -2.20. The fourth-order valence-corrected chi connectivity index (χ4v) is 1.04. The maximum absolute atomic E-state index is 11.2. The lowest BCUT2D eigenvalue weighted by Crippen LogP contribution is -2.35. The maximum Gasteiger partial charge on any atom is 0.214 e. The van der Waals surface area contributed by atoms with Crippen molar-refractivity contribution in [3.63, 3.8) is 0 Å². The van der Waals surface area contributed by atoms with Gasteiger partial charge in [0.05, 0.1) is 14.4 Å². The van der Waals surface area contributed by atoms with Gasteiger partial charge in [0, 0.05) is 6.54 Å². The second-order valence-electron chi connectivity index (χ2n) is 3.07. The van der Waals surface area contributed by atoms with Gasteiger partial charge < -0.3 is 4.90 Å². The minimum Gasteiger partial charge on any atom is -0.336 e. The van der Waals surface area contributed by atoms with Crippen molar-refractivity contribution in [2.75, 3.05) is 13.1 Å². The fourth-order valence-electron chi connectivity index (χ4n) is 1.04. The van der Waals surface area contributed by atoms with Gasteiger partial charge >= 0.3 is 0 Å². The highest BCUT2D eigenvalue weighted by Gasteiger charge is 2.11. The second-order valence-corrected chi connectivity index (χ2v) is 3.07. The first-order chi connectivity index (χ1) is 6.11.